The van der Waals surface area contributed by atoms with Crippen LogP contribution in [0.4, 0.5) is 5.82 Å². The lowest BCUT2D eigenvalue weighted by Crippen LogP contribution is -2.37. The predicted molar refractivity (Wildman–Crippen MR) is 116 cm³/mol. The van der Waals surface area contributed by atoms with Gasteiger partial charge in [-0.05, 0) is 25.1 Å². The van der Waals surface area contributed by atoms with Gasteiger partial charge in [0.15, 0.2) is 5.82 Å². The fourth-order valence-corrected chi connectivity index (χ4v) is 3.75. The zero-order valence-corrected chi connectivity index (χ0v) is 17.4. The van der Waals surface area contributed by atoms with Crippen LogP contribution in [-0.2, 0) is 13.0 Å². The molecular weight excluding hydrogens is 384 g/mol. The van der Waals surface area contributed by atoms with Crippen molar-refractivity contribution in [1.82, 2.24) is 14.9 Å². The molecule has 3 aromatic rings. The van der Waals surface area contributed by atoms with Gasteiger partial charge in [-0.15, -0.1) is 0 Å². The van der Waals surface area contributed by atoms with Crippen LogP contribution >= 0.6 is 11.6 Å². The highest BCUT2D eigenvalue weighted by molar-refractivity contribution is 6.30. The van der Waals surface area contributed by atoms with Crippen LogP contribution < -0.4 is 4.90 Å². The van der Waals surface area contributed by atoms with Gasteiger partial charge in [0.1, 0.15) is 5.82 Å². The zero-order valence-electron chi connectivity index (χ0n) is 16.6. The Hall–Kier alpha value is -2.92. The number of anilines is 1. The van der Waals surface area contributed by atoms with Crippen molar-refractivity contribution in [2.45, 2.75) is 19.9 Å². The SMILES string of the molecule is CCN(C)c1nc(-c2ccccc2)nc2c1CN(C(=O)c1cccc(Cl)c1)CC2. The Kier molecular flexibility index (Phi) is 5.49. The van der Waals surface area contributed by atoms with Gasteiger partial charge in [0.25, 0.3) is 5.91 Å². The summed E-state index contributed by atoms with van der Waals surface area (Å²) in [6.07, 6.45) is 0.703. The lowest BCUT2D eigenvalue weighted by molar-refractivity contribution is 0.0733. The highest BCUT2D eigenvalue weighted by Crippen LogP contribution is 2.30. The summed E-state index contributed by atoms with van der Waals surface area (Å²) in [5.74, 6) is 1.60. The van der Waals surface area contributed by atoms with Crippen molar-refractivity contribution >= 4 is 23.3 Å². The van der Waals surface area contributed by atoms with E-state index in [9.17, 15) is 4.79 Å². The average molecular weight is 407 g/mol. The standard InChI is InChI=1S/C23H23ClN4O/c1-3-27(2)22-19-15-28(23(29)17-10-7-11-18(24)14-17)13-12-20(19)25-21(26-22)16-8-5-4-6-9-16/h4-11,14H,3,12-13,15H2,1-2H3. The van der Waals surface area contributed by atoms with Crippen LogP contribution in [-0.4, -0.2) is 40.9 Å². The Morgan fingerprint density at radius 3 is 2.66 bits per heavy atom. The average Bonchev–Trinajstić information content (AvgIpc) is 2.77. The van der Waals surface area contributed by atoms with Crippen molar-refractivity contribution < 1.29 is 4.79 Å². The number of rotatable bonds is 4. The molecule has 0 spiro atoms. The highest BCUT2D eigenvalue weighted by Gasteiger charge is 2.27. The molecule has 6 heteroatoms. The van der Waals surface area contributed by atoms with E-state index in [0.29, 0.717) is 30.1 Å². The fourth-order valence-electron chi connectivity index (χ4n) is 3.56. The first-order valence-electron chi connectivity index (χ1n) is 9.78. The van der Waals surface area contributed by atoms with Crippen molar-refractivity contribution in [3.63, 3.8) is 0 Å². The number of fused-ring (bicyclic) bond motifs is 1. The molecule has 2 heterocycles. The number of aromatic nitrogens is 2. The third-order valence-corrected chi connectivity index (χ3v) is 5.50. The first kappa shape index (κ1) is 19.4. The van der Waals surface area contributed by atoms with Gasteiger partial charge in [-0.2, -0.15) is 0 Å². The van der Waals surface area contributed by atoms with E-state index in [2.05, 4.69) is 11.8 Å². The molecule has 0 fully saturated rings. The monoisotopic (exact) mass is 406 g/mol. The number of carbonyl (C=O) groups is 1. The summed E-state index contributed by atoms with van der Waals surface area (Å²) in [6.45, 7) is 4.03. The summed E-state index contributed by atoms with van der Waals surface area (Å²) < 4.78 is 0. The van der Waals surface area contributed by atoms with Gasteiger partial charge in [-0.25, -0.2) is 9.97 Å². The maximum atomic E-state index is 13.0. The van der Waals surface area contributed by atoms with E-state index in [1.165, 1.54) is 0 Å². The first-order valence-corrected chi connectivity index (χ1v) is 10.2. The lowest BCUT2D eigenvalue weighted by Gasteiger charge is -2.31. The smallest absolute Gasteiger partial charge is 0.254 e. The second-order valence-corrected chi connectivity index (χ2v) is 7.60. The molecule has 5 nitrogen and oxygen atoms in total. The molecule has 148 valence electrons. The quantitative estimate of drug-likeness (QED) is 0.642. The molecule has 0 bridgehead atoms. The summed E-state index contributed by atoms with van der Waals surface area (Å²) in [7, 11) is 2.02. The summed E-state index contributed by atoms with van der Waals surface area (Å²) in [5, 5.41) is 0.565. The van der Waals surface area contributed by atoms with Crippen LogP contribution in [0.1, 0.15) is 28.5 Å². The lowest BCUT2D eigenvalue weighted by atomic mass is 10.0. The maximum Gasteiger partial charge on any atom is 0.254 e. The molecular formula is C23H23ClN4O. The van der Waals surface area contributed by atoms with E-state index in [0.717, 1.165) is 35.0 Å². The molecule has 0 saturated heterocycles. The Bertz CT molecular complexity index is 1040. The van der Waals surface area contributed by atoms with Crippen molar-refractivity contribution in [3.8, 4) is 11.4 Å². The molecule has 0 unspecified atom stereocenters. The van der Waals surface area contributed by atoms with Crippen molar-refractivity contribution in [1.29, 1.82) is 0 Å². The number of hydrogen-bond donors (Lipinski definition) is 0. The molecule has 29 heavy (non-hydrogen) atoms. The minimum Gasteiger partial charge on any atom is -0.360 e. The number of carbonyl (C=O) groups excluding carboxylic acids is 1. The highest BCUT2D eigenvalue weighted by atomic mass is 35.5. The fraction of sp³-hybridized carbons (Fsp3) is 0.261. The van der Waals surface area contributed by atoms with Gasteiger partial charge in [0, 0.05) is 48.3 Å². The summed E-state index contributed by atoms with van der Waals surface area (Å²) in [6, 6.07) is 17.1. The molecule has 0 radical (unpaired) electrons. The number of benzene rings is 2. The van der Waals surface area contributed by atoms with Gasteiger partial charge < -0.3 is 9.80 Å². The number of amides is 1. The number of nitrogens with zero attached hydrogens (tertiary/aromatic N) is 4. The Morgan fingerprint density at radius 2 is 1.93 bits per heavy atom. The largest absolute Gasteiger partial charge is 0.360 e. The van der Waals surface area contributed by atoms with E-state index < -0.39 is 0 Å². The van der Waals surface area contributed by atoms with E-state index in [1.54, 1.807) is 24.3 Å². The number of hydrogen-bond acceptors (Lipinski definition) is 4. The first-order chi connectivity index (χ1) is 14.1. The molecule has 1 aliphatic heterocycles. The van der Waals surface area contributed by atoms with Crippen molar-refractivity contribution in [3.05, 3.63) is 76.4 Å². The van der Waals surface area contributed by atoms with Gasteiger partial charge in [-0.3, -0.25) is 4.79 Å². The normalized spacial score (nSPS) is 13.1. The zero-order chi connectivity index (χ0) is 20.4. The second-order valence-electron chi connectivity index (χ2n) is 7.16. The van der Waals surface area contributed by atoms with Gasteiger partial charge in [0.2, 0.25) is 0 Å². The summed E-state index contributed by atoms with van der Waals surface area (Å²) in [4.78, 5) is 26.7. The topological polar surface area (TPSA) is 49.3 Å². The van der Waals surface area contributed by atoms with E-state index >= 15 is 0 Å². The van der Waals surface area contributed by atoms with Crippen LogP contribution in [0, 0.1) is 0 Å². The Balaban J connectivity index is 1.71. The van der Waals surface area contributed by atoms with Crippen LogP contribution in [0.3, 0.4) is 0 Å². The Morgan fingerprint density at radius 1 is 1.14 bits per heavy atom. The second kappa shape index (κ2) is 8.21. The predicted octanol–water partition coefficient (Wildman–Crippen LogP) is 4.45. The third-order valence-electron chi connectivity index (χ3n) is 5.27. The molecule has 4 rings (SSSR count). The summed E-state index contributed by atoms with van der Waals surface area (Å²) in [5.41, 5.74) is 3.65. The molecule has 0 aliphatic carbocycles. The minimum absolute atomic E-state index is 0.0182. The van der Waals surface area contributed by atoms with Crippen LogP contribution in [0.5, 0.6) is 0 Å². The van der Waals surface area contributed by atoms with E-state index in [-0.39, 0.29) is 5.91 Å². The number of halogens is 1. The van der Waals surface area contributed by atoms with Crippen molar-refractivity contribution in [2.75, 3.05) is 25.0 Å². The third kappa shape index (κ3) is 3.96. The van der Waals surface area contributed by atoms with Crippen LogP contribution in [0.25, 0.3) is 11.4 Å². The van der Waals surface area contributed by atoms with E-state index in [4.69, 9.17) is 21.6 Å². The minimum atomic E-state index is -0.0182. The summed E-state index contributed by atoms with van der Waals surface area (Å²) >= 11 is 6.07. The van der Waals surface area contributed by atoms with Gasteiger partial charge >= 0.3 is 0 Å². The van der Waals surface area contributed by atoms with Crippen LogP contribution in [0.15, 0.2) is 54.6 Å². The molecule has 0 saturated carbocycles. The van der Waals surface area contributed by atoms with Crippen LogP contribution in [0.2, 0.25) is 5.02 Å². The molecule has 0 atom stereocenters. The molecule has 2 aromatic carbocycles. The molecule has 1 amide bonds. The van der Waals surface area contributed by atoms with E-state index in [1.807, 2.05) is 42.3 Å². The molecule has 1 aliphatic rings. The molecule has 0 N–H and O–H groups in total. The molecule has 1 aromatic heterocycles. The van der Waals surface area contributed by atoms with Gasteiger partial charge in [-0.1, -0.05) is 48.0 Å². The maximum absolute atomic E-state index is 13.0. The Labute approximate surface area is 176 Å². The van der Waals surface area contributed by atoms with Crippen molar-refractivity contribution in [2.24, 2.45) is 0 Å². The van der Waals surface area contributed by atoms with Gasteiger partial charge in [0.05, 0.1) is 12.2 Å².